The molecule has 1 N–H and O–H groups in total. The van der Waals surface area contributed by atoms with Crippen LogP contribution in [0, 0.1) is 5.92 Å². The highest BCUT2D eigenvalue weighted by Gasteiger charge is 2.61. The van der Waals surface area contributed by atoms with Crippen molar-refractivity contribution in [3.63, 3.8) is 0 Å². The number of fused-ring (bicyclic) bond motifs is 2. The van der Waals surface area contributed by atoms with E-state index in [1.165, 1.54) is 14.2 Å². The SMILES string of the molecule is COc1cc2c(cc1[C@@H]1OC[C@@]3(O)[C@H](Oc4c(OC)cccc4OC)OC[C@@H]13)O[C@@H](COC(C)(C)C)CO2. The summed E-state index contributed by atoms with van der Waals surface area (Å²) in [5.74, 6) is 2.58. The lowest BCUT2D eigenvalue weighted by atomic mass is 9.85. The molecule has 2 fully saturated rings. The minimum atomic E-state index is -1.42. The van der Waals surface area contributed by atoms with E-state index >= 15 is 0 Å². The van der Waals surface area contributed by atoms with Gasteiger partial charge in [0.15, 0.2) is 34.7 Å². The van der Waals surface area contributed by atoms with Gasteiger partial charge in [-0.25, -0.2) is 0 Å². The quantitative estimate of drug-likeness (QED) is 0.543. The third-order valence-electron chi connectivity index (χ3n) is 6.97. The molecule has 0 radical (unpaired) electrons. The van der Waals surface area contributed by atoms with Crippen molar-refractivity contribution in [1.29, 1.82) is 0 Å². The number of hydrogen-bond donors (Lipinski definition) is 1. The highest BCUT2D eigenvalue weighted by Crippen LogP contribution is 2.52. The van der Waals surface area contributed by atoms with E-state index in [1.54, 1.807) is 31.4 Å². The molecule has 2 aromatic carbocycles. The van der Waals surface area contributed by atoms with Gasteiger partial charge in [0.05, 0.1) is 58.8 Å². The van der Waals surface area contributed by atoms with Crippen molar-refractivity contribution in [1.82, 2.24) is 0 Å². The Hall–Kier alpha value is -2.92. The molecule has 3 heterocycles. The Balaban J connectivity index is 1.38. The minimum absolute atomic E-state index is 0.00408. The molecule has 208 valence electrons. The number of ether oxygens (including phenoxy) is 9. The van der Waals surface area contributed by atoms with Crippen molar-refractivity contribution in [3.05, 3.63) is 35.9 Å². The lowest BCUT2D eigenvalue weighted by Gasteiger charge is -2.31. The number of hydrogen-bond acceptors (Lipinski definition) is 10. The Bertz CT molecular complexity index is 1120. The monoisotopic (exact) mass is 532 g/mol. The van der Waals surface area contributed by atoms with Gasteiger partial charge in [0, 0.05) is 11.6 Å². The van der Waals surface area contributed by atoms with Gasteiger partial charge in [-0.1, -0.05) is 6.07 Å². The Morgan fingerprint density at radius 2 is 1.66 bits per heavy atom. The van der Waals surface area contributed by atoms with Gasteiger partial charge < -0.3 is 47.7 Å². The maximum Gasteiger partial charge on any atom is 0.232 e. The average Bonchev–Trinajstić information content (AvgIpc) is 3.40. The van der Waals surface area contributed by atoms with Crippen molar-refractivity contribution in [2.45, 2.75) is 50.5 Å². The summed E-state index contributed by atoms with van der Waals surface area (Å²) in [6, 6.07) is 8.94. The fraction of sp³-hybridized carbons (Fsp3) is 0.571. The van der Waals surface area contributed by atoms with Gasteiger partial charge in [0.25, 0.3) is 0 Å². The van der Waals surface area contributed by atoms with Crippen LogP contribution >= 0.6 is 0 Å². The van der Waals surface area contributed by atoms with Crippen LogP contribution in [0.25, 0.3) is 0 Å². The Morgan fingerprint density at radius 1 is 0.947 bits per heavy atom. The lowest BCUT2D eigenvalue weighted by molar-refractivity contribution is -0.153. The lowest BCUT2D eigenvalue weighted by Crippen LogP contribution is -2.47. The summed E-state index contributed by atoms with van der Waals surface area (Å²) >= 11 is 0. The molecule has 0 spiro atoms. The topological polar surface area (TPSA) is 103 Å². The molecule has 0 aromatic heterocycles. The largest absolute Gasteiger partial charge is 0.496 e. The van der Waals surface area contributed by atoms with Gasteiger partial charge in [0.1, 0.15) is 12.4 Å². The summed E-state index contributed by atoms with van der Waals surface area (Å²) in [5, 5.41) is 11.7. The third-order valence-corrected chi connectivity index (χ3v) is 6.97. The maximum absolute atomic E-state index is 11.7. The molecular formula is C28H36O10. The number of aliphatic hydroxyl groups is 1. The molecule has 0 saturated carbocycles. The van der Waals surface area contributed by atoms with E-state index in [0.29, 0.717) is 47.7 Å². The van der Waals surface area contributed by atoms with Gasteiger partial charge >= 0.3 is 0 Å². The molecule has 5 rings (SSSR count). The number of para-hydroxylation sites is 1. The normalized spacial score (nSPS) is 28.1. The average molecular weight is 533 g/mol. The first kappa shape index (κ1) is 26.7. The number of rotatable bonds is 8. The predicted octanol–water partition coefficient (Wildman–Crippen LogP) is 3.52. The second-order valence-electron chi connectivity index (χ2n) is 10.6. The van der Waals surface area contributed by atoms with Crippen LogP contribution in [0.1, 0.15) is 32.4 Å². The van der Waals surface area contributed by atoms with Crippen molar-refractivity contribution in [3.8, 4) is 34.5 Å². The second-order valence-corrected chi connectivity index (χ2v) is 10.6. The van der Waals surface area contributed by atoms with Crippen LogP contribution in [0.3, 0.4) is 0 Å². The highest BCUT2D eigenvalue weighted by molar-refractivity contribution is 5.53. The highest BCUT2D eigenvalue weighted by atomic mass is 16.7. The van der Waals surface area contributed by atoms with Gasteiger partial charge in [0.2, 0.25) is 12.0 Å². The van der Waals surface area contributed by atoms with Crippen LogP contribution in [0.15, 0.2) is 30.3 Å². The zero-order valence-corrected chi connectivity index (χ0v) is 22.6. The molecule has 0 amide bonds. The first-order valence-electron chi connectivity index (χ1n) is 12.7. The van der Waals surface area contributed by atoms with Crippen LogP contribution in [-0.4, -0.2) is 76.5 Å². The zero-order valence-electron chi connectivity index (χ0n) is 22.6. The van der Waals surface area contributed by atoms with Crippen LogP contribution in [0.4, 0.5) is 0 Å². The molecule has 5 atom stereocenters. The van der Waals surface area contributed by atoms with E-state index in [0.717, 1.165) is 5.56 Å². The molecule has 38 heavy (non-hydrogen) atoms. The van der Waals surface area contributed by atoms with Crippen molar-refractivity contribution in [2.75, 3.05) is 47.8 Å². The zero-order chi connectivity index (χ0) is 27.1. The standard InChI is InChI=1S/C28H36O10/c1-27(2,3)36-13-16-12-33-22-11-21(32-6)17(10-23(22)37-16)24-18-14-34-26(28(18,29)15-35-24)38-25-19(30-4)8-7-9-20(25)31-5/h7-11,16,18,24,26,29H,12-15H2,1-6H3/t16-,18+,24+,26+,28+/m1/s1. The van der Waals surface area contributed by atoms with Gasteiger partial charge in [-0.3, -0.25) is 0 Å². The summed E-state index contributed by atoms with van der Waals surface area (Å²) in [6.45, 7) is 6.97. The van der Waals surface area contributed by atoms with Crippen molar-refractivity contribution >= 4 is 0 Å². The molecule has 0 unspecified atom stereocenters. The molecule has 0 bridgehead atoms. The molecule has 2 saturated heterocycles. The van der Waals surface area contributed by atoms with Gasteiger partial charge in [-0.05, 0) is 39.0 Å². The Kier molecular flexibility index (Phi) is 7.25. The fourth-order valence-corrected chi connectivity index (χ4v) is 4.98. The van der Waals surface area contributed by atoms with E-state index in [1.807, 2.05) is 26.8 Å². The van der Waals surface area contributed by atoms with Crippen LogP contribution in [0.2, 0.25) is 0 Å². The van der Waals surface area contributed by atoms with E-state index in [4.69, 9.17) is 42.6 Å². The third kappa shape index (κ3) is 4.93. The molecule has 0 aliphatic carbocycles. The van der Waals surface area contributed by atoms with E-state index < -0.39 is 23.9 Å². The molecule has 2 aromatic rings. The van der Waals surface area contributed by atoms with Crippen LogP contribution in [0.5, 0.6) is 34.5 Å². The Morgan fingerprint density at radius 3 is 2.32 bits per heavy atom. The number of methoxy groups -OCH3 is 3. The smallest absolute Gasteiger partial charge is 0.232 e. The molecule has 3 aliphatic rings. The number of benzene rings is 2. The van der Waals surface area contributed by atoms with Gasteiger partial charge in [-0.2, -0.15) is 0 Å². The van der Waals surface area contributed by atoms with E-state index in [2.05, 4.69) is 0 Å². The Labute approximate surface area is 222 Å². The van der Waals surface area contributed by atoms with Crippen molar-refractivity contribution < 1.29 is 47.7 Å². The summed E-state index contributed by atoms with van der Waals surface area (Å²) in [6.07, 6.45) is -1.78. The molecule has 10 heteroatoms. The van der Waals surface area contributed by atoms with Gasteiger partial charge in [-0.15, -0.1) is 0 Å². The van der Waals surface area contributed by atoms with E-state index in [-0.39, 0.29) is 24.9 Å². The van der Waals surface area contributed by atoms with Crippen LogP contribution < -0.4 is 28.4 Å². The first-order chi connectivity index (χ1) is 18.2. The summed E-state index contributed by atoms with van der Waals surface area (Å²) in [5.41, 5.74) is -0.976. The fourth-order valence-electron chi connectivity index (χ4n) is 4.98. The minimum Gasteiger partial charge on any atom is -0.496 e. The molecule has 10 nitrogen and oxygen atoms in total. The summed E-state index contributed by atoms with van der Waals surface area (Å²) in [7, 11) is 4.66. The van der Waals surface area contributed by atoms with E-state index in [9.17, 15) is 5.11 Å². The predicted molar refractivity (Wildman–Crippen MR) is 136 cm³/mol. The van der Waals surface area contributed by atoms with Crippen LogP contribution in [-0.2, 0) is 14.2 Å². The van der Waals surface area contributed by atoms with Crippen molar-refractivity contribution in [2.24, 2.45) is 5.92 Å². The molecule has 3 aliphatic heterocycles. The maximum atomic E-state index is 11.7. The summed E-state index contributed by atoms with van der Waals surface area (Å²) in [4.78, 5) is 0. The molecular weight excluding hydrogens is 496 g/mol. The second kappa shape index (κ2) is 10.3. The first-order valence-corrected chi connectivity index (χ1v) is 12.7. The summed E-state index contributed by atoms with van der Waals surface area (Å²) < 4.78 is 52.9.